The molecule has 1 atom stereocenters. The lowest BCUT2D eigenvalue weighted by molar-refractivity contribution is 0.168. The van der Waals surface area contributed by atoms with Crippen LogP contribution in [0.5, 0.6) is 0 Å². The van der Waals surface area contributed by atoms with Crippen molar-refractivity contribution in [1.29, 1.82) is 0 Å². The quantitative estimate of drug-likeness (QED) is 0.812. The van der Waals surface area contributed by atoms with E-state index in [-0.39, 0.29) is 6.04 Å². The van der Waals surface area contributed by atoms with E-state index < -0.39 is 0 Å². The number of ether oxygens (including phenoxy) is 1. The molecule has 0 radical (unpaired) electrons. The third-order valence-electron chi connectivity index (χ3n) is 2.06. The van der Waals surface area contributed by atoms with Crippen molar-refractivity contribution >= 4 is 11.6 Å². The Hall–Kier alpha value is -0.570. The molecule has 0 heterocycles. The summed E-state index contributed by atoms with van der Waals surface area (Å²) in [6.07, 6.45) is 0. The molecule has 1 N–H and O–H groups in total. The van der Waals surface area contributed by atoms with Crippen LogP contribution in [0.2, 0.25) is 5.02 Å². The second-order valence-corrected chi connectivity index (χ2v) is 3.55. The summed E-state index contributed by atoms with van der Waals surface area (Å²) >= 11 is 5.82. The highest BCUT2D eigenvalue weighted by atomic mass is 35.5. The van der Waals surface area contributed by atoms with E-state index in [1.54, 1.807) is 7.11 Å². The lowest BCUT2D eigenvalue weighted by Crippen LogP contribution is -2.24. The van der Waals surface area contributed by atoms with Crippen molar-refractivity contribution in [3.05, 3.63) is 34.9 Å². The first-order valence-electron chi connectivity index (χ1n) is 4.75. The normalized spacial score (nSPS) is 12.8. The summed E-state index contributed by atoms with van der Waals surface area (Å²) in [7, 11) is 1.71. The minimum absolute atomic E-state index is 0.252. The van der Waals surface area contributed by atoms with Crippen LogP contribution >= 0.6 is 11.6 Å². The predicted octanol–water partition coefficient (Wildman–Crippen LogP) is 2.64. The SMILES string of the molecule is CCNC(COC)c1ccc(Cl)cc1. The number of nitrogens with one attached hydrogen (secondary N) is 1. The number of methoxy groups -OCH3 is 1. The Balaban J connectivity index is 2.71. The van der Waals surface area contributed by atoms with E-state index in [9.17, 15) is 0 Å². The molecule has 1 unspecified atom stereocenters. The van der Waals surface area contributed by atoms with Crippen LogP contribution in [-0.2, 0) is 4.74 Å². The number of halogens is 1. The number of hydrogen-bond acceptors (Lipinski definition) is 2. The molecule has 1 aromatic carbocycles. The molecule has 0 aliphatic heterocycles. The fraction of sp³-hybridized carbons (Fsp3) is 0.455. The fourth-order valence-corrected chi connectivity index (χ4v) is 1.51. The van der Waals surface area contributed by atoms with Gasteiger partial charge in [-0.15, -0.1) is 0 Å². The molecule has 0 aliphatic carbocycles. The molecule has 1 rings (SSSR count). The molecule has 0 amide bonds. The standard InChI is InChI=1S/C11H16ClNO/c1-3-13-11(8-14-2)9-4-6-10(12)7-5-9/h4-7,11,13H,3,8H2,1-2H3. The van der Waals surface area contributed by atoms with Crippen LogP contribution in [0.3, 0.4) is 0 Å². The average molecular weight is 214 g/mol. The van der Waals surface area contributed by atoms with E-state index in [1.807, 2.05) is 24.3 Å². The van der Waals surface area contributed by atoms with Gasteiger partial charge in [-0.3, -0.25) is 0 Å². The Kier molecular flexibility index (Phi) is 4.94. The Morgan fingerprint density at radius 1 is 1.36 bits per heavy atom. The Labute approximate surface area is 90.2 Å². The largest absolute Gasteiger partial charge is 0.383 e. The van der Waals surface area contributed by atoms with Crippen LogP contribution in [0.25, 0.3) is 0 Å². The van der Waals surface area contributed by atoms with Crippen LogP contribution < -0.4 is 5.32 Å². The van der Waals surface area contributed by atoms with Gasteiger partial charge in [0.15, 0.2) is 0 Å². The zero-order valence-electron chi connectivity index (χ0n) is 8.59. The molecule has 3 heteroatoms. The third kappa shape index (κ3) is 3.29. The van der Waals surface area contributed by atoms with Gasteiger partial charge in [-0.05, 0) is 24.2 Å². The molecule has 0 aromatic heterocycles. The van der Waals surface area contributed by atoms with E-state index in [0.717, 1.165) is 11.6 Å². The molecule has 0 bridgehead atoms. The molecular formula is C11H16ClNO. The average Bonchev–Trinajstić information content (AvgIpc) is 2.19. The summed E-state index contributed by atoms with van der Waals surface area (Å²) < 4.78 is 5.15. The molecule has 0 saturated heterocycles. The van der Waals surface area contributed by atoms with Gasteiger partial charge in [0.25, 0.3) is 0 Å². The number of hydrogen-bond donors (Lipinski definition) is 1. The van der Waals surface area contributed by atoms with Crippen molar-refractivity contribution < 1.29 is 4.74 Å². The molecule has 0 saturated carbocycles. The highest BCUT2D eigenvalue weighted by Crippen LogP contribution is 2.16. The van der Waals surface area contributed by atoms with Gasteiger partial charge >= 0.3 is 0 Å². The maximum absolute atomic E-state index is 5.82. The van der Waals surface area contributed by atoms with Crippen LogP contribution in [0.15, 0.2) is 24.3 Å². The second-order valence-electron chi connectivity index (χ2n) is 3.12. The smallest absolute Gasteiger partial charge is 0.0657 e. The molecular weight excluding hydrogens is 198 g/mol. The molecule has 0 aliphatic rings. The molecule has 14 heavy (non-hydrogen) atoms. The van der Waals surface area contributed by atoms with Crippen molar-refractivity contribution in [2.75, 3.05) is 20.3 Å². The lowest BCUT2D eigenvalue weighted by atomic mass is 10.1. The van der Waals surface area contributed by atoms with Crippen molar-refractivity contribution in [2.45, 2.75) is 13.0 Å². The van der Waals surface area contributed by atoms with Crippen LogP contribution in [-0.4, -0.2) is 20.3 Å². The Morgan fingerprint density at radius 3 is 2.50 bits per heavy atom. The Morgan fingerprint density at radius 2 is 2.00 bits per heavy atom. The lowest BCUT2D eigenvalue weighted by Gasteiger charge is -2.17. The van der Waals surface area contributed by atoms with Crippen molar-refractivity contribution in [2.24, 2.45) is 0 Å². The molecule has 78 valence electrons. The van der Waals surface area contributed by atoms with Gasteiger partial charge < -0.3 is 10.1 Å². The summed E-state index contributed by atoms with van der Waals surface area (Å²) in [6.45, 7) is 3.69. The number of benzene rings is 1. The molecule has 1 aromatic rings. The van der Waals surface area contributed by atoms with Crippen LogP contribution in [0.4, 0.5) is 0 Å². The van der Waals surface area contributed by atoms with Gasteiger partial charge in [0.05, 0.1) is 12.6 Å². The molecule has 2 nitrogen and oxygen atoms in total. The van der Waals surface area contributed by atoms with Crippen molar-refractivity contribution in [3.63, 3.8) is 0 Å². The first kappa shape index (κ1) is 11.5. The summed E-state index contributed by atoms with van der Waals surface area (Å²) in [5.74, 6) is 0. The maximum atomic E-state index is 5.82. The number of rotatable bonds is 5. The first-order valence-corrected chi connectivity index (χ1v) is 5.13. The highest BCUT2D eigenvalue weighted by Gasteiger charge is 2.08. The predicted molar refractivity (Wildman–Crippen MR) is 59.7 cm³/mol. The van der Waals surface area contributed by atoms with Gasteiger partial charge in [0.2, 0.25) is 0 Å². The van der Waals surface area contributed by atoms with Crippen molar-refractivity contribution in [1.82, 2.24) is 5.32 Å². The summed E-state index contributed by atoms with van der Waals surface area (Å²) in [5.41, 5.74) is 1.21. The summed E-state index contributed by atoms with van der Waals surface area (Å²) in [5, 5.41) is 4.12. The van der Waals surface area contributed by atoms with E-state index in [1.165, 1.54) is 5.56 Å². The van der Waals surface area contributed by atoms with Gasteiger partial charge in [0, 0.05) is 12.1 Å². The minimum atomic E-state index is 0.252. The fourth-order valence-electron chi connectivity index (χ4n) is 1.38. The highest BCUT2D eigenvalue weighted by molar-refractivity contribution is 6.30. The van der Waals surface area contributed by atoms with Gasteiger partial charge in [-0.2, -0.15) is 0 Å². The first-order chi connectivity index (χ1) is 6.77. The maximum Gasteiger partial charge on any atom is 0.0657 e. The van der Waals surface area contributed by atoms with Crippen LogP contribution in [0.1, 0.15) is 18.5 Å². The van der Waals surface area contributed by atoms with E-state index in [4.69, 9.17) is 16.3 Å². The van der Waals surface area contributed by atoms with E-state index in [0.29, 0.717) is 6.61 Å². The summed E-state index contributed by atoms with van der Waals surface area (Å²) in [4.78, 5) is 0. The molecule has 0 spiro atoms. The Bertz CT molecular complexity index is 254. The zero-order chi connectivity index (χ0) is 10.4. The topological polar surface area (TPSA) is 21.3 Å². The van der Waals surface area contributed by atoms with Gasteiger partial charge in [-0.1, -0.05) is 30.7 Å². The van der Waals surface area contributed by atoms with E-state index >= 15 is 0 Å². The van der Waals surface area contributed by atoms with E-state index in [2.05, 4.69) is 12.2 Å². The number of likely N-dealkylation sites (N-methyl/N-ethyl adjacent to an activating group) is 1. The monoisotopic (exact) mass is 213 g/mol. The molecule has 0 fully saturated rings. The summed E-state index contributed by atoms with van der Waals surface area (Å²) in [6, 6.07) is 8.10. The van der Waals surface area contributed by atoms with Gasteiger partial charge in [0.1, 0.15) is 0 Å². The van der Waals surface area contributed by atoms with Gasteiger partial charge in [-0.25, -0.2) is 0 Å². The minimum Gasteiger partial charge on any atom is -0.383 e. The second kappa shape index (κ2) is 6.02. The van der Waals surface area contributed by atoms with Crippen LogP contribution in [0, 0.1) is 0 Å². The third-order valence-corrected chi connectivity index (χ3v) is 2.31. The van der Waals surface area contributed by atoms with Crippen molar-refractivity contribution in [3.8, 4) is 0 Å². The zero-order valence-corrected chi connectivity index (χ0v) is 9.34.